The first kappa shape index (κ1) is 13.0. The number of hydrogen-bond donors (Lipinski definition) is 0. The summed E-state index contributed by atoms with van der Waals surface area (Å²) < 4.78 is 6.50. The van der Waals surface area contributed by atoms with E-state index in [1.165, 1.54) is 11.1 Å². The highest BCUT2D eigenvalue weighted by Gasteiger charge is 2.05. The molecule has 0 radical (unpaired) electrons. The lowest BCUT2D eigenvalue weighted by atomic mass is 10.1. The largest absolute Gasteiger partial charge is 0.439 e. The minimum atomic E-state index is 0.567. The monoisotopic (exact) mass is 306 g/mol. The smallest absolute Gasteiger partial charge is 0.223 e. The van der Waals surface area contributed by atoms with Crippen LogP contribution in [-0.2, 0) is 6.42 Å². The fourth-order valence-electron chi connectivity index (χ4n) is 1.55. The van der Waals surface area contributed by atoms with Crippen molar-refractivity contribution in [2.45, 2.75) is 27.2 Å². The average Bonchev–Trinajstić information content (AvgIpc) is 2.33. The number of halogens is 1. The van der Waals surface area contributed by atoms with Gasteiger partial charge in [0.15, 0.2) is 0 Å². The Balaban J connectivity index is 2.27. The topological polar surface area (TPSA) is 35.0 Å². The molecule has 1 heterocycles. The van der Waals surface area contributed by atoms with E-state index in [2.05, 4.69) is 39.7 Å². The zero-order valence-electron chi connectivity index (χ0n) is 10.7. The third kappa shape index (κ3) is 3.07. The number of aryl methyl sites for hydroxylation is 3. The van der Waals surface area contributed by atoms with E-state index in [0.29, 0.717) is 5.88 Å². The fourth-order valence-corrected chi connectivity index (χ4v) is 1.95. The van der Waals surface area contributed by atoms with E-state index in [4.69, 9.17) is 4.74 Å². The van der Waals surface area contributed by atoms with Crippen LogP contribution in [0.4, 0.5) is 0 Å². The Morgan fingerprint density at radius 1 is 1.11 bits per heavy atom. The molecule has 1 aromatic heterocycles. The fraction of sp³-hybridized carbons (Fsp3) is 0.286. The molecule has 3 nitrogen and oxygen atoms in total. The van der Waals surface area contributed by atoms with Crippen LogP contribution in [0.5, 0.6) is 11.6 Å². The molecule has 0 spiro atoms. The Bertz CT molecular complexity index is 570. The maximum atomic E-state index is 5.76. The van der Waals surface area contributed by atoms with Crippen LogP contribution in [0.1, 0.15) is 23.9 Å². The highest BCUT2D eigenvalue weighted by atomic mass is 79.9. The molecule has 0 aliphatic heterocycles. The van der Waals surface area contributed by atoms with E-state index in [1.807, 2.05) is 25.1 Å². The zero-order valence-corrected chi connectivity index (χ0v) is 12.3. The van der Waals surface area contributed by atoms with Crippen LogP contribution < -0.4 is 4.74 Å². The zero-order chi connectivity index (χ0) is 13.1. The molecule has 0 unspecified atom stereocenters. The maximum Gasteiger partial charge on any atom is 0.223 e. The first-order chi connectivity index (χ1) is 8.58. The lowest BCUT2D eigenvalue weighted by molar-refractivity contribution is 0.457. The van der Waals surface area contributed by atoms with Crippen molar-refractivity contribution in [1.82, 2.24) is 9.97 Å². The first-order valence-electron chi connectivity index (χ1n) is 5.87. The molecule has 0 fully saturated rings. The second kappa shape index (κ2) is 5.48. The van der Waals surface area contributed by atoms with Crippen LogP contribution in [0.25, 0.3) is 0 Å². The standard InChI is InChI=1S/C14H15BrN2O/c1-4-13-16-12(15)8-14(17-13)18-11-6-5-9(2)10(3)7-11/h5-8H,4H2,1-3H3. The molecule has 0 aliphatic carbocycles. The maximum absolute atomic E-state index is 5.76. The van der Waals surface area contributed by atoms with Crippen molar-refractivity contribution in [3.63, 3.8) is 0 Å². The number of ether oxygens (including phenoxy) is 1. The molecule has 94 valence electrons. The van der Waals surface area contributed by atoms with Crippen molar-refractivity contribution < 1.29 is 4.74 Å². The van der Waals surface area contributed by atoms with Gasteiger partial charge in [-0.2, -0.15) is 4.98 Å². The van der Waals surface area contributed by atoms with Crippen LogP contribution in [0.2, 0.25) is 0 Å². The third-order valence-corrected chi connectivity index (χ3v) is 3.14. The molecule has 0 N–H and O–H groups in total. The van der Waals surface area contributed by atoms with Crippen LogP contribution in [0.3, 0.4) is 0 Å². The Kier molecular flexibility index (Phi) is 3.97. The molecule has 0 atom stereocenters. The highest BCUT2D eigenvalue weighted by molar-refractivity contribution is 9.10. The van der Waals surface area contributed by atoms with Gasteiger partial charge in [0.25, 0.3) is 0 Å². The van der Waals surface area contributed by atoms with Crippen LogP contribution in [0, 0.1) is 13.8 Å². The van der Waals surface area contributed by atoms with Crippen LogP contribution in [-0.4, -0.2) is 9.97 Å². The van der Waals surface area contributed by atoms with E-state index >= 15 is 0 Å². The van der Waals surface area contributed by atoms with Gasteiger partial charge in [0, 0.05) is 12.5 Å². The van der Waals surface area contributed by atoms with Crippen molar-refractivity contribution in [2.24, 2.45) is 0 Å². The SMILES string of the molecule is CCc1nc(Br)cc(Oc2ccc(C)c(C)c2)n1. The number of aromatic nitrogens is 2. The highest BCUT2D eigenvalue weighted by Crippen LogP contribution is 2.24. The van der Waals surface area contributed by atoms with Gasteiger partial charge < -0.3 is 4.74 Å². The molecule has 0 saturated heterocycles. The van der Waals surface area contributed by atoms with Gasteiger partial charge in [-0.05, 0) is 53.0 Å². The van der Waals surface area contributed by atoms with Gasteiger partial charge in [0.05, 0.1) is 0 Å². The Morgan fingerprint density at radius 2 is 1.89 bits per heavy atom. The van der Waals surface area contributed by atoms with Crippen molar-refractivity contribution in [2.75, 3.05) is 0 Å². The number of rotatable bonds is 3. The summed E-state index contributed by atoms with van der Waals surface area (Å²) in [4.78, 5) is 8.59. The Labute approximate surface area is 115 Å². The van der Waals surface area contributed by atoms with Crippen molar-refractivity contribution in [3.8, 4) is 11.6 Å². The second-order valence-electron chi connectivity index (χ2n) is 4.15. The second-order valence-corrected chi connectivity index (χ2v) is 4.96. The van der Waals surface area contributed by atoms with Crippen molar-refractivity contribution in [1.29, 1.82) is 0 Å². The minimum absolute atomic E-state index is 0.567. The number of benzene rings is 1. The first-order valence-corrected chi connectivity index (χ1v) is 6.66. The lowest BCUT2D eigenvalue weighted by Crippen LogP contribution is -1.96. The molecule has 4 heteroatoms. The number of hydrogen-bond acceptors (Lipinski definition) is 3. The van der Waals surface area contributed by atoms with Crippen molar-refractivity contribution >= 4 is 15.9 Å². The van der Waals surface area contributed by atoms with E-state index < -0.39 is 0 Å². The summed E-state index contributed by atoms with van der Waals surface area (Å²) in [6.07, 6.45) is 0.780. The molecule has 1 aromatic carbocycles. The molecular formula is C14H15BrN2O. The molecule has 18 heavy (non-hydrogen) atoms. The van der Waals surface area contributed by atoms with Gasteiger partial charge in [-0.15, -0.1) is 0 Å². The normalized spacial score (nSPS) is 10.4. The predicted octanol–water partition coefficient (Wildman–Crippen LogP) is 4.21. The van der Waals surface area contributed by atoms with Crippen molar-refractivity contribution in [3.05, 3.63) is 45.8 Å². The average molecular weight is 307 g/mol. The molecule has 0 bridgehead atoms. The van der Waals surface area contributed by atoms with Gasteiger partial charge >= 0.3 is 0 Å². The summed E-state index contributed by atoms with van der Waals surface area (Å²) in [6.45, 7) is 6.16. The van der Waals surface area contributed by atoms with E-state index in [0.717, 1.165) is 22.6 Å². The Morgan fingerprint density at radius 3 is 2.56 bits per heavy atom. The summed E-state index contributed by atoms with van der Waals surface area (Å²) in [6, 6.07) is 7.77. The quantitative estimate of drug-likeness (QED) is 0.797. The van der Waals surface area contributed by atoms with Crippen LogP contribution >= 0.6 is 15.9 Å². The van der Waals surface area contributed by atoms with E-state index in [9.17, 15) is 0 Å². The minimum Gasteiger partial charge on any atom is -0.439 e. The molecular weight excluding hydrogens is 292 g/mol. The van der Waals surface area contributed by atoms with E-state index in [1.54, 1.807) is 6.07 Å². The summed E-state index contributed by atoms with van der Waals surface area (Å²) >= 11 is 3.36. The van der Waals surface area contributed by atoms with Gasteiger partial charge in [-0.3, -0.25) is 0 Å². The number of nitrogens with zero attached hydrogens (tertiary/aromatic N) is 2. The molecule has 0 amide bonds. The predicted molar refractivity (Wildman–Crippen MR) is 75.1 cm³/mol. The molecule has 2 rings (SSSR count). The van der Waals surface area contributed by atoms with Gasteiger partial charge in [0.1, 0.15) is 16.2 Å². The van der Waals surface area contributed by atoms with Gasteiger partial charge in [-0.1, -0.05) is 13.0 Å². The third-order valence-electron chi connectivity index (χ3n) is 2.73. The van der Waals surface area contributed by atoms with Gasteiger partial charge in [0.2, 0.25) is 5.88 Å². The summed E-state index contributed by atoms with van der Waals surface area (Å²) in [7, 11) is 0. The lowest BCUT2D eigenvalue weighted by Gasteiger charge is -2.08. The molecule has 0 saturated carbocycles. The van der Waals surface area contributed by atoms with Crippen LogP contribution in [0.15, 0.2) is 28.9 Å². The molecule has 0 aliphatic rings. The summed E-state index contributed by atoms with van der Waals surface area (Å²) in [5, 5.41) is 0. The summed E-state index contributed by atoms with van der Waals surface area (Å²) in [5.41, 5.74) is 2.46. The summed E-state index contributed by atoms with van der Waals surface area (Å²) in [5.74, 6) is 2.13. The van der Waals surface area contributed by atoms with Gasteiger partial charge in [-0.25, -0.2) is 4.98 Å². The van der Waals surface area contributed by atoms with E-state index in [-0.39, 0.29) is 0 Å². The molecule has 2 aromatic rings. The Hall–Kier alpha value is -1.42.